The maximum atomic E-state index is 11.3. The summed E-state index contributed by atoms with van der Waals surface area (Å²) in [6.07, 6.45) is 1.76. The van der Waals surface area contributed by atoms with Crippen molar-refractivity contribution < 1.29 is 4.79 Å². The van der Waals surface area contributed by atoms with Gasteiger partial charge in [0.15, 0.2) is 0 Å². The van der Waals surface area contributed by atoms with Crippen LogP contribution < -0.4 is 21.9 Å². The Morgan fingerprint density at radius 2 is 2.00 bits per heavy atom. The summed E-state index contributed by atoms with van der Waals surface area (Å²) in [5, 5.41) is 5.89. The van der Waals surface area contributed by atoms with Gasteiger partial charge in [0.05, 0.1) is 0 Å². The molecule has 0 aliphatic rings. The Morgan fingerprint density at radius 1 is 1.30 bits per heavy atom. The summed E-state index contributed by atoms with van der Waals surface area (Å²) in [4.78, 5) is 21.5. The number of nitrogen functional groups attached to an aromatic ring is 1. The Labute approximate surface area is 119 Å². The van der Waals surface area contributed by atoms with Gasteiger partial charge in [-0.3, -0.25) is 0 Å². The summed E-state index contributed by atoms with van der Waals surface area (Å²) >= 11 is 0. The van der Waals surface area contributed by atoms with E-state index in [0.717, 1.165) is 18.7 Å². The van der Waals surface area contributed by atoms with Crippen LogP contribution in [0.5, 0.6) is 0 Å². The highest BCUT2D eigenvalue weighted by molar-refractivity contribution is 5.73. The number of hydrazine groups is 1. The van der Waals surface area contributed by atoms with Crippen LogP contribution in [0.25, 0.3) is 0 Å². The molecule has 0 fully saturated rings. The molecule has 0 aliphatic carbocycles. The fourth-order valence-corrected chi connectivity index (χ4v) is 1.52. The zero-order valence-electron chi connectivity index (χ0n) is 12.2. The van der Waals surface area contributed by atoms with Gasteiger partial charge in [-0.05, 0) is 6.42 Å². The van der Waals surface area contributed by atoms with Crippen molar-refractivity contribution >= 4 is 17.7 Å². The van der Waals surface area contributed by atoms with Gasteiger partial charge in [-0.1, -0.05) is 6.92 Å². The van der Waals surface area contributed by atoms with Crippen LogP contribution in [-0.4, -0.2) is 48.1 Å². The lowest BCUT2D eigenvalue weighted by Gasteiger charge is -2.13. The molecule has 0 aromatic carbocycles. The highest BCUT2D eigenvalue weighted by Gasteiger charge is 2.04. The molecule has 0 atom stereocenters. The summed E-state index contributed by atoms with van der Waals surface area (Å²) in [6, 6.07) is 1.61. The van der Waals surface area contributed by atoms with Gasteiger partial charge in [-0.25, -0.2) is 20.6 Å². The molecule has 0 unspecified atom stereocenters. The number of carbonyl (C=O) groups is 1. The number of rotatable bonds is 7. The maximum Gasteiger partial charge on any atom is 0.316 e. The average Bonchev–Trinajstić information content (AvgIpc) is 2.43. The SMILES string of the molecule is CCCc1nc(NN)cc(NCCNC(=O)N(C)C)n1. The van der Waals surface area contributed by atoms with Crippen molar-refractivity contribution in [3.63, 3.8) is 0 Å². The molecule has 112 valence electrons. The minimum atomic E-state index is -0.120. The Morgan fingerprint density at radius 3 is 2.60 bits per heavy atom. The van der Waals surface area contributed by atoms with E-state index in [1.54, 1.807) is 20.2 Å². The molecule has 8 nitrogen and oxygen atoms in total. The third-order valence-electron chi connectivity index (χ3n) is 2.51. The van der Waals surface area contributed by atoms with Crippen molar-refractivity contribution in [3.8, 4) is 0 Å². The summed E-state index contributed by atoms with van der Waals surface area (Å²) in [5.74, 6) is 7.38. The first-order valence-electron chi connectivity index (χ1n) is 6.60. The monoisotopic (exact) mass is 281 g/mol. The van der Waals surface area contributed by atoms with E-state index in [-0.39, 0.29) is 6.03 Å². The fourth-order valence-electron chi connectivity index (χ4n) is 1.52. The largest absolute Gasteiger partial charge is 0.368 e. The summed E-state index contributed by atoms with van der Waals surface area (Å²) < 4.78 is 0. The van der Waals surface area contributed by atoms with E-state index in [0.29, 0.717) is 24.7 Å². The Kier molecular flexibility index (Phi) is 6.51. The number of nitrogens with two attached hydrogens (primary N) is 1. The van der Waals surface area contributed by atoms with Crippen molar-refractivity contribution in [2.24, 2.45) is 5.84 Å². The molecule has 2 amide bonds. The van der Waals surface area contributed by atoms with Crippen molar-refractivity contribution in [1.82, 2.24) is 20.2 Å². The molecule has 1 heterocycles. The van der Waals surface area contributed by atoms with Crippen molar-refractivity contribution in [3.05, 3.63) is 11.9 Å². The average molecular weight is 281 g/mol. The van der Waals surface area contributed by atoms with Crippen LogP contribution in [0, 0.1) is 0 Å². The van der Waals surface area contributed by atoms with E-state index >= 15 is 0 Å². The normalized spacial score (nSPS) is 10.0. The number of amides is 2. The van der Waals surface area contributed by atoms with E-state index in [1.807, 2.05) is 0 Å². The van der Waals surface area contributed by atoms with Gasteiger partial charge in [0, 0.05) is 39.7 Å². The van der Waals surface area contributed by atoms with Crippen molar-refractivity contribution in [2.45, 2.75) is 19.8 Å². The Hall–Kier alpha value is -2.09. The molecular weight excluding hydrogens is 258 g/mol. The fraction of sp³-hybridized carbons (Fsp3) is 0.583. The molecule has 20 heavy (non-hydrogen) atoms. The highest BCUT2D eigenvalue weighted by Crippen LogP contribution is 2.11. The first-order chi connectivity index (χ1) is 9.56. The van der Waals surface area contributed by atoms with Gasteiger partial charge in [-0.2, -0.15) is 0 Å². The van der Waals surface area contributed by atoms with Crippen LogP contribution in [0.15, 0.2) is 6.07 Å². The zero-order valence-corrected chi connectivity index (χ0v) is 12.2. The van der Waals surface area contributed by atoms with Crippen molar-refractivity contribution in [2.75, 3.05) is 37.9 Å². The summed E-state index contributed by atoms with van der Waals surface area (Å²) in [7, 11) is 3.40. The number of carbonyl (C=O) groups excluding carboxylic acids is 1. The molecule has 0 radical (unpaired) electrons. The third kappa shape index (κ3) is 5.27. The van der Waals surface area contributed by atoms with Gasteiger partial charge in [0.2, 0.25) is 0 Å². The van der Waals surface area contributed by atoms with E-state index in [9.17, 15) is 4.79 Å². The lowest BCUT2D eigenvalue weighted by atomic mass is 10.3. The molecule has 1 aromatic rings. The number of hydrogen-bond acceptors (Lipinski definition) is 6. The van der Waals surface area contributed by atoms with Gasteiger partial charge < -0.3 is 21.0 Å². The molecule has 0 spiro atoms. The number of nitrogens with one attached hydrogen (secondary N) is 3. The molecular formula is C12H23N7O. The number of aryl methyl sites for hydroxylation is 1. The molecule has 5 N–H and O–H groups in total. The first-order valence-corrected chi connectivity index (χ1v) is 6.60. The van der Waals surface area contributed by atoms with Crippen LogP contribution in [-0.2, 0) is 6.42 Å². The lowest BCUT2D eigenvalue weighted by Crippen LogP contribution is -2.37. The minimum Gasteiger partial charge on any atom is -0.368 e. The van der Waals surface area contributed by atoms with Gasteiger partial charge >= 0.3 is 6.03 Å². The number of aromatic nitrogens is 2. The summed E-state index contributed by atoms with van der Waals surface area (Å²) in [5.41, 5.74) is 2.52. The Bertz CT molecular complexity index is 436. The molecule has 0 aliphatic heterocycles. The number of nitrogens with zero attached hydrogens (tertiary/aromatic N) is 3. The predicted molar refractivity (Wildman–Crippen MR) is 79.4 cm³/mol. The first kappa shape index (κ1) is 16.0. The zero-order chi connectivity index (χ0) is 15.0. The van der Waals surface area contributed by atoms with Crippen LogP contribution in [0.4, 0.5) is 16.4 Å². The minimum absolute atomic E-state index is 0.120. The van der Waals surface area contributed by atoms with E-state index in [4.69, 9.17) is 5.84 Å². The van der Waals surface area contributed by atoms with Crippen LogP contribution in [0.1, 0.15) is 19.2 Å². The second-order valence-corrected chi connectivity index (χ2v) is 4.50. The molecule has 0 bridgehead atoms. The quantitative estimate of drug-likeness (QED) is 0.327. The van der Waals surface area contributed by atoms with Crippen molar-refractivity contribution in [1.29, 1.82) is 0 Å². The maximum absolute atomic E-state index is 11.3. The molecule has 0 saturated carbocycles. The second-order valence-electron chi connectivity index (χ2n) is 4.50. The second kappa shape index (κ2) is 8.16. The van der Waals surface area contributed by atoms with E-state index < -0.39 is 0 Å². The van der Waals surface area contributed by atoms with E-state index in [1.165, 1.54) is 4.90 Å². The summed E-state index contributed by atoms with van der Waals surface area (Å²) in [6.45, 7) is 3.15. The molecule has 1 aromatic heterocycles. The van der Waals surface area contributed by atoms with Gasteiger partial charge in [0.25, 0.3) is 0 Å². The van der Waals surface area contributed by atoms with Gasteiger partial charge in [-0.15, -0.1) is 0 Å². The van der Waals surface area contributed by atoms with Crippen LogP contribution >= 0.6 is 0 Å². The number of urea groups is 1. The predicted octanol–water partition coefficient (Wildman–Crippen LogP) is 0.398. The Balaban J connectivity index is 2.50. The standard InChI is InChI=1S/C12H23N7O/c1-4-5-9-16-10(8-11(17-9)18-13)14-6-7-15-12(20)19(2)3/h8H,4-7,13H2,1-3H3,(H,15,20)(H2,14,16,17,18). The molecule has 1 rings (SSSR count). The van der Waals surface area contributed by atoms with Gasteiger partial charge in [0.1, 0.15) is 17.5 Å². The smallest absolute Gasteiger partial charge is 0.316 e. The van der Waals surface area contributed by atoms with Crippen LogP contribution in [0.2, 0.25) is 0 Å². The number of hydrogen-bond donors (Lipinski definition) is 4. The highest BCUT2D eigenvalue weighted by atomic mass is 16.2. The third-order valence-corrected chi connectivity index (χ3v) is 2.51. The number of anilines is 2. The molecule has 8 heteroatoms. The van der Waals surface area contributed by atoms with Crippen LogP contribution in [0.3, 0.4) is 0 Å². The topological polar surface area (TPSA) is 108 Å². The lowest BCUT2D eigenvalue weighted by molar-refractivity contribution is 0.218. The molecule has 0 saturated heterocycles. The van der Waals surface area contributed by atoms with E-state index in [2.05, 4.69) is 33.0 Å².